The lowest BCUT2D eigenvalue weighted by Crippen LogP contribution is -2.29. The number of hydrogen-bond donors (Lipinski definition) is 0. The van der Waals surface area contributed by atoms with E-state index in [0.29, 0.717) is 5.75 Å². The van der Waals surface area contributed by atoms with Crippen molar-refractivity contribution in [1.29, 1.82) is 0 Å². The maximum Gasteiger partial charge on any atom is 0.309 e. The molecule has 0 radical (unpaired) electrons. The summed E-state index contributed by atoms with van der Waals surface area (Å²) in [7, 11) is -1.84. The molecular formula is C10H14ClNO3Si. The molecule has 0 aliphatic heterocycles. The van der Waals surface area contributed by atoms with Crippen molar-refractivity contribution in [2.75, 3.05) is 0 Å². The molecule has 0 heterocycles. The molecule has 0 saturated carbocycles. The predicted molar refractivity (Wildman–Crippen MR) is 66.6 cm³/mol. The second-order valence-electron chi connectivity index (χ2n) is 4.41. The van der Waals surface area contributed by atoms with Crippen LogP contribution in [0, 0.1) is 10.1 Å². The third-order valence-corrected chi connectivity index (χ3v) is 2.93. The van der Waals surface area contributed by atoms with Crippen LogP contribution in [0.1, 0.15) is 5.56 Å². The number of nitro benzene ring substituents is 1. The summed E-state index contributed by atoms with van der Waals surface area (Å²) in [5.41, 5.74) is 0.705. The van der Waals surface area contributed by atoms with E-state index in [-0.39, 0.29) is 11.6 Å². The fourth-order valence-electron chi connectivity index (χ4n) is 1.20. The van der Waals surface area contributed by atoms with Crippen LogP contribution in [-0.4, -0.2) is 13.2 Å². The molecule has 0 aliphatic rings. The number of halogens is 1. The van der Waals surface area contributed by atoms with Gasteiger partial charge in [-0.25, -0.2) is 0 Å². The van der Waals surface area contributed by atoms with Gasteiger partial charge in [0.25, 0.3) is 0 Å². The van der Waals surface area contributed by atoms with Crippen LogP contribution in [0.4, 0.5) is 5.69 Å². The minimum atomic E-state index is -1.84. The first-order valence-corrected chi connectivity index (χ1v) is 8.80. The average Bonchev–Trinajstić information content (AvgIpc) is 2.15. The molecule has 0 unspecified atom stereocenters. The Bertz CT molecular complexity index is 404. The molecular weight excluding hydrogens is 246 g/mol. The topological polar surface area (TPSA) is 52.4 Å². The number of alkyl halides is 1. The molecule has 0 amide bonds. The molecule has 0 bridgehead atoms. The van der Waals surface area contributed by atoms with E-state index in [2.05, 4.69) is 0 Å². The Labute approximate surface area is 100 Å². The SMILES string of the molecule is C[Si](C)(C)Oc1ccc(CCl)cc1[N+](=O)[O-]. The zero-order valence-electron chi connectivity index (χ0n) is 9.49. The monoisotopic (exact) mass is 259 g/mol. The van der Waals surface area contributed by atoms with Gasteiger partial charge in [-0.3, -0.25) is 10.1 Å². The minimum absolute atomic E-state index is 0.0134. The molecule has 88 valence electrons. The van der Waals surface area contributed by atoms with Crippen LogP contribution in [0.5, 0.6) is 5.75 Å². The Morgan fingerprint density at radius 3 is 2.50 bits per heavy atom. The van der Waals surface area contributed by atoms with Crippen molar-refractivity contribution in [3.63, 3.8) is 0 Å². The summed E-state index contributed by atoms with van der Waals surface area (Å²) in [4.78, 5) is 10.4. The van der Waals surface area contributed by atoms with E-state index >= 15 is 0 Å². The molecule has 1 aromatic rings. The van der Waals surface area contributed by atoms with Crippen molar-refractivity contribution >= 4 is 25.6 Å². The van der Waals surface area contributed by atoms with Crippen LogP contribution in [-0.2, 0) is 5.88 Å². The summed E-state index contributed by atoms with van der Waals surface area (Å²) < 4.78 is 5.65. The Kier molecular flexibility index (Phi) is 3.93. The van der Waals surface area contributed by atoms with Crippen molar-refractivity contribution in [3.8, 4) is 5.75 Å². The zero-order chi connectivity index (χ0) is 12.3. The Morgan fingerprint density at radius 2 is 2.06 bits per heavy atom. The minimum Gasteiger partial charge on any atom is -0.540 e. The third-order valence-electron chi connectivity index (χ3n) is 1.79. The molecule has 0 fully saturated rings. The van der Waals surface area contributed by atoms with Gasteiger partial charge in [-0.1, -0.05) is 6.07 Å². The van der Waals surface area contributed by atoms with Crippen LogP contribution in [0.25, 0.3) is 0 Å². The fourth-order valence-corrected chi connectivity index (χ4v) is 2.20. The Hall–Kier alpha value is -1.07. The van der Waals surface area contributed by atoms with E-state index in [0.717, 1.165) is 5.56 Å². The van der Waals surface area contributed by atoms with E-state index in [1.54, 1.807) is 12.1 Å². The van der Waals surface area contributed by atoms with Gasteiger partial charge in [0.1, 0.15) is 0 Å². The highest BCUT2D eigenvalue weighted by molar-refractivity contribution is 6.70. The van der Waals surface area contributed by atoms with Crippen molar-refractivity contribution in [1.82, 2.24) is 0 Å². The molecule has 1 aromatic carbocycles. The smallest absolute Gasteiger partial charge is 0.309 e. The van der Waals surface area contributed by atoms with Gasteiger partial charge in [-0.2, -0.15) is 0 Å². The van der Waals surface area contributed by atoms with Gasteiger partial charge in [-0.05, 0) is 31.3 Å². The number of benzene rings is 1. The molecule has 4 nitrogen and oxygen atoms in total. The van der Waals surface area contributed by atoms with Gasteiger partial charge < -0.3 is 4.43 Å². The van der Waals surface area contributed by atoms with Gasteiger partial charge in [0.2, 0.25) is 8.32 Å². The highest BCUT2D eigenvalue weighted by atomic mass is 35.5. The molecule has 0 N–H and O–H groups in total. The normalized spacial score (nSPS) is 11.2. The molecule has 0 atom stereocenters. The van der Waals surface area contributed by atoms with Crippen molar-refractivity contribution in [3.05, 3.63) is 33.9 Å². The molecule has 0 spiro atoms. The Balaban J connectivity index is 3.13. The number of rotatable bonds is 4. The summed E-state index contributed by atoms with van der Waals surface area (Å²) in [6, 6.07) is 4.83. The van der Waals surface area contributed by atoms with E-state index in [1.807, 2.05) is 19.6 Å². The maximum absolute atomic E-state index is 10.9. The number of hydrogen-bond acceptors (Lipinski definition) is 3. The van der Waals surface area contributed by atoms with E-state index < -0.39 is 13.2 Å². The van der Waals surface area contributed by atoms with Crippen LogP contribution >= 0.6 is 11.6 Å². The van der Waals surface area contributed by atoms with Crippen molar-refractivity contribution in [2.45, 2.75) is 25.5 Å². The quantitative estimate of drug-likeness (QED) is 0.360. The first kappa shape index (κ1) is 13.0. The first-order chi connectivity index (χ1) is 7.33. The predicted octanol–water partition coefficient (Wildman–Crippen LogP) is 3.55. The van der Waals surface area contributed by atoms with Gasteiger partial charge >= 0.3 is 5.69 Å². The Morgan fingerprint density at radius 1 is 1.44 bits per heavy atom. The van der Waals surface area contributed by atoms with E-state index in [4.69, 9.17) is 16.0 Å². The largest absolute Gasteiger partial charge is 0.540 e. The first-order valence-electron chi connectivity index (χ1n) is 4.86. The van der Waals surface area contributed by atoms with E-state index in [9.17, 15) is 10.1 Å². The average molecular weight is 260 g/mol. The third kappa shape index (κ3) is 3.50. The van der Waals surface area contributed by atoms with Gasteiger partial charge in [0, 0.05) is 11.9 Å². The van der Waals surface area contributed by atoms with Crippen molar-refractivity contribution in [2.24, 2.45) is 0 Å². The van der Waals surface area contributed by atoms with Crippen molar-refractivity contribution < 1.29 is 9.35 Å². The number of nitro groups is 1. The molecule has 16 heavy (non-hydrogen) atoms. The summed E-state index contributed by atoms with van der Waals surface area (Å²) >= 11 is 5.63. The lowest BCUT2D eigenvalue weighted by molar-refractivity contribution is -0.385. The second-order valence-corrected chi connectivity index (χ2v) is 9.10. The fraction of sp³-hybridized carbons (Fsp3) is 0.400. The lowest BCUT2D eigenvalue weighted by atomic mass is 10.2. The summed E-state index contributed by atoms with van der Waals surface area (Å²) in [6.45, 7) is 5.94. The highest BCUT2D eigenvalue weighted by Gasteiger charge is 2.23. The second kappa shape index (κ2) is 4.84. The summed E-state index contributed by atoms with van der Waals surface area (Å²) in [5.74, 6) is 0.590. The molecule has 1 rings (SSSR count). The molecule has 0 saturated heterocycles. The summed E-state index contributed by atoms with van der Waals surface area (Å²) in [6.07, 6.45) is 0. The standard InChI is InChI=1S/C10H14ClNO3Si/c1-16(2,3)15-10-5-4-8(7-11)6-9(10)12(13)14/h4-6H,7H2,1-3H3. The maximum atomic E-state index is 10.9. The molecule has 0 aromatic heterocycles. The summed E-state index contributed by atoms with van der Waals surface area (Å²) in [5, 5.41) is 10.9. The molecule has 6 heteroatoms. The zero-order valence-corrected chi connectivity index (χ0v) is 11.2. The number of nitrogens with zero attached hydrogens (tertiary/aromatic N) is 1. The highest BCUT2D eigenvalue weighted by Crippen LogP contribution is 2.30. The van der Waals surface area contributed by atoms with E-state index in [1.165, 1.54) is 6.07 Å². The van der Waals surface area contributed by atoms with Gasteiger partial charge in [0.15, 0.2) is 5.75 Å². The lowest BCUT2D eigenvalue weighted by Gasteiger charge is -2.19. The van der Waals surface area contributed by atoms with Gasteiger partial charge in [0.05, 0.1) is 4.92 Å². The van der Waals surface area contributed by atoms with Crippen LogP contribution < -0.4 is 4.43 Å². The van der Waals surface area contributed by atoms with Gasteiger partial charge in [-0.15, -0.1) is 11.6 Å². The van der Waals surface area contributed by atoms with Crippen LogP contribution in [0.2, 0.25) is 19.6 Å². The molecule has 0 aliphatic carbocycles. The van der Waals surface area contributed by atoms with Crippen LogP contribution in [0.15, 0.2) is 18.2 Å². The van der Waals surface area contributed by atoms with Crippen LogP contribution in [0.3, 0.4) is 0 Å².